The van der Waals surface area contributed by atoms with Gasteiger partial charge >= 0.3 is 6.03 Å². The van der Waals surface area contributed by atoms with E-state index in [4.69, 9.17) is 4.74 Å². The standard InChI is InChI=1S/C27H26FN3O4.C2H6/c1-16-5-4-6-18(13-16)15-23(25(32)29-22-12-7-17(2)14-21(22)28)31-26(33)24(30-27(31)34)19-8-10-20(35-3)11-9-19;1-2/h4-14,23-24H,15H2,1-3H3,(H,29,32)(H,30,34);1-2H3/t23?,24-;/m1./s1. The van der Waals surface area contributed by atoms with Crippen molar-refractivity contribution in [3.63, 3.8) is 0 Å². The average molecular weight is 506 g/mol. The topological polar surface area (TPSA) is 87.7 Å². The molecule has 1 heterocycles. The number of nitrogens with one attached hydrogen (secondary N) is 2. The molecular weight excluding hydrogens is 473 g/mol. The zero-order chi connectivity index (χ0) is 27.1. The van der Waals surface area contributed by atoms with Gasteiger partial charge in [0.05, 0.1) is 12.8 Å². The first-order valence-electron chi connectivity index (χ1n) is 12.2. The summed E-state index contributed by atoms with van der Waals surface area (Å²) in [7, 11) is 1.53. The Hall–Kier alpha value is -4.20. The van der Waals surface area contributed by atoms with Crippen LogP contribution in [-0.4, -0.2) is 35.9 Å². The molecule has 0 saturated carbocycles. The molecule has 4 rings (SSSR count). The number of carbonyl (C=O) groups excluding carboxylic acids is 3. The maximum absolute atomic E-state index is 14.4. The first kappa shape index (κ1) is 27.4. The monoisotopic (exact) mass is 505 g/mol. The highest BCUT2D eigenvalue weighted by molar-refractivity contribution is 6.09. The van der Waals surface area contributed by atoms with Gasteiger partial charge in [0.15, 0.2) is 0 Å². The molecule has 7 nitrogen and oxygen atoms in total. The number of ether oxygens (including phenoxy) is 1. The fourth-order valence-corrected chi connectivity index (χ4v) is 4.11. The number of benzene rings is 3. The summed E-state index contributed by atoms with van der Waals surface area (Å²) in [4.78, 5) is 40.7. The summed E-state index contributed by atoms with van der Waals surface area (Å²) in [6.45, 7) is 7.65. The van der Waals surface area contributed by atoms with E-state index < -0.39 is 35.7 Å². The van der Waals surface area contributed by atoms with Crippen molar-refractivity contribution in [2.45, 2.75) is 46.2 Å². The fraction of sp³-hybridized carbons (Fsp3) is 0.276. The molecule has 1 aliphatic heterocycles. The van der Waals surface area contributed by atoms with Crippen LogP contribution in [0.5, 0.6) is 5.75 Å². The third kappa shape index (κ3) is 6.33. The van der Waals surface area contributed by atoms with Crippen LogP contribution in [0.25, 0.3) is 0 Å². The molecule has 0 aromatic heterocycles. The van der Waals surface area contributed by atoms with Crippen LogP contribution in [0.4, 0.5) is 14.9 Å². The number of hydrogen-bond donors (Lipinski definition) is 2. The van der Waals surface area contributed by atoms with Gasteiger partial charge in [-0.1, -0.05) is 61.9 Å². The van der Waals surface area contributed by atoms with Crippen molar-refractivity contribution in [3.8, 4) is 5.75 Å². The Labute approximate surface area is 216 Å². The zero-order valence-electron chi connectivity index (χ0n) is 21.7. The first-order chi connectivity index (χ1) is 17.8. The van der Waals surface area contributed by atoms with Gasteiger partial charge in [-0.2, -0.15) is 0 Å². The van der Waals surface area contributed by atoms with E-state index in [0.29, 0.717) is 16.9 Å². The summed E-state index contributed by atoms with van der Waals surface area (Å²) in [5, 5.41) is 5.22. The molecule has 3 aromatic rings. The molecule has 8 heteroatoms. The molecule has 0 spiro atoms. The van der Waals surface area contributed by atoms with E-state index in [0.717, 1.165) is 16.0 Å². The van der Waals surface area contributed by atoms with E-state index >= 15 is 0 Å². The van der Waals surface area contributed by atoms with E-state index in [1.165, 1.54) is 19.2 Å². The molecule has 4 amide bonds. The largest absolute Gasteiger partial charge is 0.497 e. The van der Waals surface area contributed by atoms with Gasteiger partial charge in [0.2, 0.25) is 5.91 Å². The van der Waals surface area contributed by atoms with Crippen molar-refractivity contribution in [2.24, 2.45) is 0 Å². The van der Waals surface area contributed by atoms with Crippen LogP contribution < -0.4 is 15.4 Å². The summed E-state index contributed by atoms with van der Waals surface area (Å²) in [5.41, 5.74) is 2.98. The minimum Gasteiger partial charge on any atom is -0.497 e. The second-order valence-corrected chi connectivity index (χ2v) is 8.55. The first-order valence-corrected chi connectivity index (χ1v) is 12.2. The molecule has 2 atom stereocenters. The molecule has 1 saturated heterocycles. The van der Waals surface area contributed by atoms with Gasteiger partial charge in [0.25, 0.3) is 5.91 Å². The van der Waals surface area contributed by atoms with Crippen LogP contribution in [0, 0.1) is 19.7 Å². The zero-order valence-corrected chi connectivity index (χ0v) is 21.7. The van der Waals surface area contributed by atoms with Gasteiger partial charge < -0.3 is 15.4 Å². The number of rotatable bonds is 7. The van der Waals surface area contributed by atoms with Crippen molar-refractivity contribution in [1.82, 2.24) is 10.2 Å². The minimum absolute atomic E-state index is 0.0198. The fourth-order valence-electron chi connectivity index (χ4n) is 4.11. The summed E-state index contributed by atoms with van der Waals surface area (Å²) >= 11 is 0. The van der Waals surface area contributed by atoms with Gasteiger partial charge in [-0.25, -0.2) is 14.1 Å². The predicted octanol–water partition coefficient (Wildman–Crippen LogP) is 5.32. The van der Waals surface area contributed by atoms with Gasteiger partial charge in [0.1, 0.15) is 23.7 Å². The lowest BCUT2D eigenvalue weighted by atomic mass is 10.0. The minimum atomic E-state index is -1.19. The van der Waals surface area contributed by atoms with Crippen molar-refractivity contribution in [3.05, 3.63) is 94.8 Å². The number of anilines is 1. The number of aryl methyl sites for hydroxylation is 2. The van der Waals surface area contributed by atoms with Crippen LogP contribution >= 0.6 is 0 Å². The predicted molar refractivity (Wildman–Crippen MR) is 141 cm³/mol. The molecule has 194 valence electrons. The maximum atomic E-state index is 14.4. The lowest BCUT2D eigenvalue weighted by molar-refractivity contribution is -0.134. The Morgan fingerprint density at radius 1 is 1.03 bits per heavy atom. The number of urea groups is 1. The number of carbonyl (C=O) groups is 3. The quantitative estimate of drug-likeness (QED) is 0.426. The third-order valence-corrected chi connectivity index (χ3v) is 5.93. The van der Waals surface area contributed by atoms with Gasteiger partial charge in [-0.05, 0) is 54.8 Å². The SMILES string of the molecule is CC.COc1ccc([C@H]2NC(=O)N(C(Cc3cccc(C)c3)C(=O)Nc3ccc(C)cc3F)C2=O)cc1. The number of amides is 4. The summed E-state index contributed by atoms with van der Waals surface area (Å²) in [6.07, 6.45) is 0.0789. The highest BCUT2D eigenvalue weighted by Gasteiger charge is 2.45. The number of nitrogens with zero attached hydrogens (tertiary/aromatic N) is 1. The molecule has 0 aliphatic carbocycles. The average Bonchev–Trinajstić information content (AvgIpc) is 3.19. The van der Waals surface area contributed by atoms with Crippen molar-refractivity contribution in [2.75, 3.05) is 12.4 Å². The Morgan fingerprint density at radius 2 is 1.70 bits per heavy atom. The van der Waals surface area contributed by atoms with Gasteiger partial charge in [-0.15, -0.1) is 0 Å². The van der Waals surface area contributed by atoms with Gasteiger partial charge in [0, 0.05) is 6.42 Å². The summed E-state index contributed by atoms with van der Waals surface area (Å²) in [6, 6.07) is 15.8. The second-order valence-electron chi connectivity index (χ2n) is 8.55. The molecule has 0 radical (unpaired) electrons. The summed E-state index contributed by atoms with van der Waals surface area (Å²) in [5.74, 6) is -1.20. The molecule has 0 bridgehead atoms. The number of hydrogen-bond acceptors (Lipinski definition) is 4. The maximum Gasteiger partial charge on any atom is 0.325 e. The van der Waals surface area contributed by atoms with E-state index in [1.54, 1.807) is 37.3 Å². The Bertz CT molecular complexity index is 1280. The summed E-state index contributed by atoms with van der Waals surface area (Å²) < 4.78 is 19.6. The van der Waals surface area contributed by atoms with Crippen LogP contribution in [0.3, 0.4) is 0 Å². The number of methoxy groups -OCH3 is 1. The van der Waals surface area contributed by atoms with Crippen molar-refractivity contribution >= 4 is 23.5 Å². The molecule has 37 heavy (non-hydrogen) atoms. The molecule has 1 aliphatic rings. The highest BCUT2D eigenvalue weighted by Crippen LogP contribution is 2.27. The molecular formula is C29H32FN3O4. The van der Waals surface area contributed by atoms with Crippen molar-refractivity contribution in [1.29, 1.82) is 0 Å². The lowest BCUT2D eigenvalue weighted by Gasteiger charge is -2.25. The Kier molecular flexibility index (Phi) is 9.00. The number of halogens is 1. The normalized spacial score (nSPS) is 15.4. The van der Waals surface area contributed by atoms with E-state index in [2.05, 4.69) is 10.6 Å². The van der Waals surface area contributed by atoms with Gasteiger partial charge in [-0.3, -0.25) is 9.59 Å². The Morgan fingerprint density at radius 3 is 2.32 bits per heavy atom. The molecule has 1 unspecified atom stereocenters. The van der Waals surface area contributed by atoms with E-state index in [1.807, 2.05) is 45.0 Å². The van der Waals surface area contributed by atoms with Crippen LogP contribution in [-0.2, 0) is 16.0 Å². The smallest absolute Gasteiger partial charge is 0.325 e. The van der Waals surface area contributed by atoms with E-state index in [-0.39, 0.29) is 12.1 Å². The third-order valence-electron chi connectivity index (χ3n) is 5.93. The lowest BCUT2D eigenvalue weighted by Crippen LogP contribution is -2.49. The second kappa shape index (κ2) is 12.2. The van der Waals surface area contributed by atoms with Crippen molar-refractivity contribution < 1.29 is 23.5 Å². The molecule has 2 N–H and O–H groups in total. The highest BCUT2D eigenvalue weighted by atomic mass is 19.1. The van der Waals surface area contributed by atoms with E-state index in [9.17, 15) is 18.8 Å². The van der Waals surface area contributed by atoms with Crippen LogP contribution in [0.1, 0.15) is 42.1 Å². The molecule has 1 fully saturated rings. The van der Waals surface area contributed by atoms with Crippen LogP contribution in [0.2, 0.25) is 0 Å². The molecule has 3 aromatic carbocycles. The van der Waals surface area contributed by atoms with Crippen LogP contribution in [0.15, 0.2) is 66.7 Å². The number of imide groups is 1. The Balaban J connectivity index is 0.00000186.